The molecule has 2 heterocycles. The van der Waals surface area contributed by atoms with Gasteiger partial charge in [0.05, 0.1) is 10.7 Å². The number of carbonyl (C=O) groups excluding carboxylic acids is 1. The summed E-state index contributed by atoms with van der Waals surface area (Å²) in [7, 11) is 1.71. The lowest BCUT2D eigenvalue weighted by molar-refractivity contribution is 0.111. The molecule has 0 radical (unpaired) electrons. The normalized spacial score (nSPS) is 11.4. The molecule has 2 aromatic heterocycles. The van der Waals surface area contributed by atoms with Crippen molar-refractivity contribution in [1.29, 1.82) is 0 Å². The molecule has 0 bridgehead atoms. The lowest BCUT2D eigenvalue weighted by atomic mass is 10.3. The van der Waals surface area contributed by atoms with Gasteiger partial charge in [-0.15, -0.1) is 11.3 Å². The van der Waals surface area contributed by atoms with Crippen molar-refractivity contribution >= 4 is 34.3 Å². The van der Waals surface area contributed by atoms with Crippen LogP contribution in [0, 0.1) is 13.8 Å². The zero-order valence-corrected chi connectivity index (χ0v) is 10.1. The lowest BCUT2D eigenvalue weighted by Crippen LogP contribution is -2.04. The largest absolute Gasteiger partial charge is 0.312 e. The fourth-order valence-corrected chi connectivity index (χ4v) is 2.57. The van der Waals surface area contributed by atoms with E-state index in [1.165, 1.54) is 0 Å². The van der Waals surface area contributed by atoms with Gasteiger partial charge in [-0.1, -0.05) is 0 Å². The van der Waals surface area contributed by atoms with Gasteiger partial charge in [-0.3, -0.25) is 9.36 Å². The SMILES string of the molecule is CN/N=C\n1c(C=O)c(C)c2nc(C)sc21. The van der Waals surface area contributed by atoms with Crippen LogP contribution >= 0.6 is 11.3 Å². The van der Waals surface area contributed by atoms with Crippen molar-refractivity contribution in [2.75, 3.05) is 7.05 Å². The first-order valence-electron chi connectivity index (χ1n) is 4.82. The fourth-order valence-electron chi connectivity index (χ4n) is 1.61. The average Bonchev–Trinajstić information content (AvgIpc) is 2.74. The third-order valence-corrected chi connectivity index (χ3v) is 3.32. The van der Waals surface area contributed by atoms with Gasteiger partial charge in [-0.2, -0.15) is 5.10 Å². The average molecular weight is 236 g/mol. The van der Waals surface area contributed by atoms with Gasteiger partial charge in [0, 0.05) is 12.6 Å². The lowest BCUT2D eigenvalue weighted by Gasteiger charge is -1.97. The molecule has 5 nitrogen and oxygen atoms in total. The van der Waals surface area contributed by atoms with Gasteiger partial charge in [0.2, 0.25) is 0 Å². The molecule has 0 aliphatic heterocycles. The van der Waals surface area contributed by atoms with Gasteiger partial charge < -0.3 is 5.43 Å². The molecule has 0 aromatic carbocycles. The summed E-state index contributed by atoms with van der Waals surface area (Å²) in [5.41, 5.74) is 5.05. The number of rotatable bonds is 3. The highest BCUT2D eigenvalue weighted by molar-refractivity contribution is 7.18. The van der Waals surface area contributed by atoms with Crippen LogP contribution in [0.4, 0.5) is 0 Å². The van der Waals surface area contributed by atoms with E-state index in [-0.39, 0.29) is 0 Å². The van der Waals surface area contributed by atoms with Gasteiger partial charge >= 0.3 is 0 Å². The van der Waals surface area contributed by atoms with Crippen LogP contribution in [0.5, 0.6) is 0 Å². The van der Waals surface area contributed by atoms with Crippen LogP contribution in [0.25, 0.3) is 10.3 Å². The first-order valence-corrected chi connectivity index (χ1v) is 5.63. The van der Waals surface area contributed by atoms with Gasteiger partial charge in [0.1, 0.15) is 16.7 Å². The van der Waals surface area contributed by atoms with E-state index in [9.17, 15) is 4.79 Å². The minimum absolute atomic E-state index is 0.604. The Morgan fingerprint density at radius 3 is 2.88 bits per heavy atom. The Labute approximate surface area is 96.8 Å². The van der Waals surface area contributed by atoms with Crippen molar-refractivity contribution in [3.8, 4) is 0 Å². The summed E-state index contributed by atoms with van der Waals surface area (Å²) in [4.78, 5) is 16.4. The van der Waals surface area contributed by atoms with Crippen LogP contribution < -0.4 is 5.43 Å². The number of nitrogens with zero attached hydrogens (tertiary/aromatic N) is 3. The Morgan fingerprint density at radius 1 is 1.50 bits per heavy atom. The number of thiazole rings is 1. The minimum Gasteiger partial charge on any atom is -0.312 e. The molecule has 0 fully saturated rings. The molecule has 0 aliphatic carbocycles. The molecule has 0 unspecified atom stereocenters. The van der Waals surface area contributed by atoms with E-state index in [1.54, 1.807) is 29.3 Å². The molecule has 0 atom stereocenters. The summed E-state index contributed by atoms with van der Waals surface area (Å²) in [5.74, 6) is 0. The van der Waals surface area contributed by atoms with E-state index in [1.807, 2.05) is 13.8 Å². The number of carbonyl (C=O) groups is 1. The first-order chi connectivity index (χ1) is 7.69. The zero-order valence-electron chi connectivity index (χ0n) is 9.31. The zero-order chi connectivity index (χ0) is 11.7. The van der Waals surface area contributed by atoms with Crippen molar-refractivity contribution in [2.45, 2.75) is 13.8 Å². The standard InChI is InChI=1S/C10H12N4OS/c1-6-8(4-15)14(5-12-11-3)10-9(6)13-7(2)16-10/h4-5,11H,1-3H3/b12-5-. The smallest absolute Gasteiger partial charge is 0.167 e. The number of aromatic nitrogens is 2. The van der Waals surface area contributed by atoms with E-state index in [4.69, 9.17) is 0 Å². The molecule has 6 heteroatoms. The molecule has 0 spiro atoms. The molecule has 2 rings (SSSR count). The van der Waals surface area contributed by atoms with Gasteiger partial charge in [0.15, 0.2) is 6.29 Å². The number of hydrazone groups is 1. The molecule has 0 saturated carbocycles. The maximum absolute atomic E-state index is 11.0. The maximum atomic E-state index is 11.0. The number of aryl methyl sites for hydroxylation is 2. The third kappa shape index (κ3) is 1.51. The Balaban J connectivity index is 2.75. The first kappa shape index (κ1) is 10.8. The predicted octanol–water partition coefficient (Wildman–Crippen LogP) is 1.54. The van der Waals surface area contributed by atoms with Crippen molar-refractivity contribution in [2.24, 2.45) is 5.10 Å². The van der Waals surface area contributed by atoms with E-state index in [2.05, 4.69) is 15.5 Å². The number of aldehydes is 1. The molecular formula is C10H12N4OS. The summed E-state index contributed by atoms with van der Waals surface area (Å²) >= 11 is 1.55. The van der Waals surface area contributed by atoms with Crippen LogP contribution in [-0.4, -0.2) is 29.2 Å². The molecule has 1 N–H and O–H groups in total. The summed E-state index contributed by atoms with van der Waals surface area (Å²) in [5, 5.41) is 4.91. The van der Waals surface area contributed by atoms with Gasteiger partial charge in [0.25, 0.3) is 0 Å². The number of hydrogen-bond acceptors (Lipinski definition) is 5. The predicted molar refractivity (Wildman–Crippen MR) is 65.4 cm³/mol. The monoisotopic (exact) mass is 236 g/mol. The van der Waals surface area contributed by atoms with Crippen LogP contribution in [0.3, 0.4) is 0 Å². The van der Waals surface area contributed by atoms with Crippen LogP contribution in [-0.2, 0) is 0 Å². The maximum Gasteiger partial charge on any atom is 0.167 e. The fraction of sp³-hybridized carbons (Fsp3) is 0.300. The van der Waals surface area contributed by atoms with Crippen molar-refractivity contribution in [3.63, 3.8) is 0 Å². The second-order valence-electron chi connectivity index (χ2n) is 3.35. The van der Waals surface area contributed by atoms with E-state index < -0.39 is 0 Å². The highest BCUT2D eigenvalue weighted by Gasteiger charge is 2.16. The van der Waals surface area contributed by atoms with E-state index in [0.29, 0.717) is 5.69 Å². The summed E-state index contributed by atoms with van der Waals surface area (Å²) < 4.78 is 1.76. The highest BCUT2D eigenvalue weighted by atomic mass is 32.1. The van der Waals surface area contributed by atoms with Gasteiger partial charge in [-0.25, -0.2) is 4.98 Å². The summed E-state index contributed by atoms with van der Waals surface area (Å²) in [6, 6.07) is 0. The quantitative estimate of drug-likeness (QED) is 0.380. The number of nitrogens with one attached hydrogen (secondary N) is 1. The Kier molecular flexibility index (Phi) is 2.74. The van der Waals surface area contributed by atoms with Gasteiger partial charge in [-0.05, 0) is 13.8 Å². The third-order valence-electron chi connectivity index (χ3n) is 2.35. The Hall–Kier alpha value is -1.69. The Bertz CT molecular complexity index is 567. The second kappa shape index (κ2) is 4.05. The minimum atomic E-state index is 0.604. The molecule has 0 saturated heterocycles. The topological polar surface area (TPSA) is 59.3 Å². The van der Waals surface area contributed by atoms with Crippen molar-refractivity contribution < 1.29 is 4.79 Å². The molecule has 0 aliphatic rings. The number of hydrogen-bond donors (Lipinski definition) is 1. The molecule has 16 heavy (non-hydrogen) atoms. The Morgan fingerprint density at radius 2 is 2.25 bits per heavy atom. The van der Waals surface area contributed by atoms with E-state index >= 15 is 0 Å². The molecule has 0 amide bonds. The summed E-state index contributed by atoms with van der Waals surface area (Å²) in [6.07, 6.45) is 2.43. The van der Waals surface area contributed by atoms with Crippen molar-refractivity contribution in [3.05, 3.63) is 16.3 Å². The van der Waals surface area contributed by atoms with Crippen molar-refractivity contribution in [1.82, 2.24) is 15.0 Å². The van der Waals surface area contributed by atoms with Crippen LogP contribution in [0.1, 0.15) is 21.1 Å². The summed E-state index contributed by atoms with van der Waals surface area (Å²) in [6.45, 7) is 3.85. The number of fused-ring (bicyclic) bond motifs is 1. The van der Waals surface area contributed by atoms with Crippen LogP contribution in [0.15, 0.2) is 5.10 Å². The second-order valence-corrected chi connectivity index (χ2v) is 4.53. The van der Waals surface area contributed by atoms with Crippen LogP contribution in [0.2, 0.25) is 0 Å². The molecule has 2 aromatic rings. The van der Waals surface area contributed by atoms with E-state index in [0.717, 1.165) is 27.2 Å². The highest BCUT2D eigenvalue weighted by Crippen LogP contribution is 2.28. The molecule has 84 valence electrons. The molecular weight excluding hydrogens is 224 g/mol.